The van der Waals surface area contributed by atoms with Crippen molar-refractivity contribution < 1.29 is 4.74 Å². The minimum Gasteiger partial charge on any atom is -0.486 e. The molecular formula is C16H18BrNO. The van der Waals surface area contributed by atoms with Crippen LogP contribution >= 0.6 is 15.9 Å². The predicted molar refractivity (Wildman–Crippen MR) is 77.3 cm³/mol. The van der Waals surface area contributed by atoms with E-state index in [1.54, 1.807) is 0 Å². The largest absolute Gasteiger partial charge is 0.486 e. The van der Waals surface area contributed by atoms with Crippen molar-refractivity contribution in [1.82, 2.24) is 4.90 Å². The van der Waals surface area contributed by atoms with Gasteiger partial charge in [-0.15, -0.1) is 0 Å². The minimum absolute atomic E-state index is 0.125. The van der Waals surface area contributed by atoms with Crippen LogP contribution in [0.4, 0.5) is 0 Å². The fraction of sp³-hybridized carbons (Fsp3) is 0.625. The second-order valence-electron chi connectivity index (χ2n) is 6.90. The summed E-state index contributed by atoms with van der Waals surface area (Å²) in [5.74, 6) is 3.58. The molecule has 19 heavy (non-hydrogen) atoms. The Labute approximate surface area is 122 Å². The van der Waals surface area contributed by atoms with Crippen LogP contribution < -0.4 is 4.74 Å². The number of ether oxygens (including phenoxy) is 1. The first-order valence-corrected chi connectivity index (χ1v) is 8.23. The fourth-order valence-electron chi connectivity index (χ4n) is 5.23. The number of nitrogens with zero attached hydrogens (tertiary/aromatic N) is 1. The van der Waals surface area contributed by atoms with Crippen LogP contribution in [0.15, 0.2) is 22.7 Å². The molecule has 1 saturated carbocycles. The molecule has 2 nitrogen and oxygen atoms in total. The molecule has 5 aliphatic rings. The third-order valence-electron chi connectivity index (χ3n) is 5.92. The first-order chi connectivity index (χ1) is 9.24. The van der Waals surface area contributed by atoms with E-state index in [9.17, 15) is 0 Å². The lowest BCUT2D eigenvalue weighted by atomic mass is 9.58. The number of rotatable bonds is 0. The molecule has 2 atom stereocenters. The van der Waals surface area contributed by atoms with Crippen molar-refractivity contribution in [3.8, 4) is 5.75 Å². The van der Waals surface area contributed by atoms with Crippen molar-refractivity contribution in [3.63, 3.8) is 0 Å². The van der Waals surface area contributed by atoms with Gasteiger partial charge in [0.25, 0.3) is 0 Å². The van der Waals surface area contributed by atoms with Crippen molar-refractivity contribution in [1.29, 1.82) is 0 Å². The van der Waals surface area contributed by atoms with E-state index in [0.717, 1.165) is 29.9 Å². The maximum Gasteiger partial charge on any atom is 0.124 e. The second kappa shape index (κ2) is 3.56. The molecule has 100 valence electrons. The van der Waals surface area contributed by atoms with E-state index in [4.69, 9.17) is 4.74 Å². The molecule has 6 rings (SSSR count). The highest BCUT2D eigenvalue weighted by Gasteiger charge is 2.60. The van der Waals surface area contributed by atoms with Gasteiger partial charge >= 0.3 is 0 Å². The van der Waals surface area contributed by atoms with Gasteiger partial charge < -0.3 is 9.64 Å². The second-order valence-corrected chi connectivity index (χ2v) is 7.75. The lowest BCUT2D eigenvalue weighted by Gasteiger charge is -2.60. The van der Waals surface area contributed by atoms with Crippen molar-refractivity contribution in [3.05, 3.63) is 28.2 Å². The number of hydrogen-bond donors (Lipinski definition) is 0. The van der Waals surface area contributed by atoms with Gasteiger partial charge in [0.15, 0.2) is 0 Å². The van der Waals surface area contributed by atoms with Gasteiger partial charge in [-0.2, -0.15) is 0 Å². The highest BCUT2D eigenvalue weighted by Crippen LogP contribution is 2.56. The Hall–Kier alpha value is -0.540. The quantitative estimate of drug-likeness (QED) is 0.728. The van der Waals surface area contributed by atoms with E-state index < -0.39 is 0 Å². The standard InChI is InChI=1S/C16H18BrNO/c17-14-2-1-3-15-13(14)6-16(19-15)11-4-10-5-12(16)9-18(7-10)8-11/h1-3,10-12H,4-9H2. The molecule has 3 saturated heterocycles. The van der Waals surface area contributed by atoms with Gasteiger partial charge in [-0.1, -0.05) is 22.0 Å². The van der Waals surface area contributed by atoms with E-state index in [0.29, 0.717) is 0 Å². The summed E-state index contributed by atoms with van der Waals surface area (Å²) in [6.45, 7) is 3.87. The Morgan fingerprint density at radius 1 is 1.16 bits per heavy atom. The highest BCUT2D eigenvalue weighted by atomic mass is 79.9. The summed E-state index contributed by atoms with van der Waals surface area (Å²) >= 11 is 3.71. The van der Waals surface area contributed by atoms with Crippen LogP contribution in [0.25, 0.3) is 0 Å². The molecule has 0 N–H and O–H groups in total. The van der Waals surface area contributed by atoms with E-state index in [2.05, 4.69) is 39.0 Å². The van der Waals surface area contributed by atoms with Crippen LogP contribution in [-0.4, -0.2) is 30.1 Å². The van der Waals surface area contributed by atoms with Gasteiger partial charge in [-0.25, -0.2) is 0 Å². The monoisotopic (exact) mass is 319 g/mol. The molecular weight excluding hydrogens is 302 g/mol. The molecule has 1 spiro atoms. The van der Waals surface area contributed by atoms with Gasteiger partial charge in [-0.3, -0.25) is 0 Å². The van der Waals surface area contributed by atoms with E-state index in [1.807, 2.05) is 0 Å². The molecule has 1 aromatic rings. The van der Waals surface area contributed by atoms with Gasteiger partial charge in [0.05, 0.1) is 0 Å². The number of piperidine rings is 3. The van der Waals surface area contributed by atoms with Crippen LogP contribution in [0.2, 0.25) is 0 Å². The third-order valence-corrected chi connectivity index (χ3v) is 6.66. The molecule has 1 aromatic carbocycles. The smallest absolute Gasteiger partial charge is 0.124 e. The molecule has 4 fully saturated rings. The van der Waals surface area contributed by atoms with Gasteiger partial charge in [0.2, 0.25) is 0 Å². The summed E-state index contributed by atoms with van der Waals surface area (Å²) in [4.78, 5) is 2.68. The van der Waals surface area contributed by atoms with E-state index in [1.165, 1.54) is 42.5 Å². The van der Waals surface area contributed by atoms with Crippen LogP contribution in [-0.2, 0) is 6.42 Å². The lowest BCUT2D eigenvalue weighted by molar-refractivity contribution is -0.158. The van der Waals surface area contributed by atoms with Crippen LogP contribution in [0.5, 0.6) is 5.75 Å². The Kier molecular flexibility index (Phi) is 2.09. The summed E-state index contributed by atoms with van der Waals surface area (Å²) in [7, 11) is 0. The normalized spacial score (nSPS) is 45.5. The number of benzene rings is 1. The van der Waals surface area contributed by atoms with E-state index in [-0.39, 0.29) is 5.60 Å². The summed E-state index contributed by atoms with van der Waals surface area (Å²) in [6.07, 6.45) is 3.90. The molecule has 0 aromatic heterocycles. The zero-order valence-electron chi connectivity index (χ0n) is 10.9. The molecule has 3 heteroatoms. The average molecular weight is 320 g/mol. The zero-order valence-corrected chi connectivity index (χ0v) is 12.5. The zero-order chi connectivity index (χ0) is 12.6. The first-order valence-electron chi connectivity index (χ1n) is 7.43. The topological polar surface area (TPSA) is 12.5 Å². The number of halogens is 1. The van der Waals surface area contributed by atoms with E-state index >= 15 is 0 Å². The third kappa shape index (κ3) is 1.36. The van der Waals surface area contributed by atoms with Crippen molar-refractivity contribution in [2.45, 2.75) is 24.9 Å². The van der Waals surface area contributed by atoms with Crippen LogP contribution in [0.1, 0.15) is 18.4 Å². The summed E-state index contributed by atoms with van der Waals surface area (Å²) in [5, 5.41) is 0. The Morgan fingerprint density at radius 3 is 2.63 bits per heavy atom. The Balaban J connectivity index is 1.59. The molecule has 4 aliphatic heterocycles. The number of fused-ring (bicyclic) bond motifs is 1. The van der Waals surface area contributed by atoms with Crippen LogP contribution in [0.3, 0.4) is 0 Å². The number of hydrogen-bond acceptors (Lipinski definition) is 2. The van der Waals surface area contributed by atoms with Crippen molar-refractivity contribution >= 4 is 15.9 Å². The maximum atomic E-state index is 6.60. The molecule has 2 unspecified atom stereocenters. The summed E-state index contributed by atoms with van der Waals surface area (Å²) < 4.78 is 7.83. The molecule has 0 radical (unpaired) electrons. The average Bonchev–Trinajstić information content (AvgIpc) is 2.77. The molecule has 0 amide bonds. The Morgan fingerprint density at radius 2 is 1.95 bits per heavy atom. The maximum absolute atomic E-state index is 6.60. The summed E-state index contributed by atoms with van der Waals surface area (Å²) in [6, 6.07) is 6.41. The van der Waals surface area contributed by atoms with Crippen molar-refractivity contribution in [2.75, 3.05) is 19.6 Å². The predicted octanol–water partition coefficient (Wildman–Crippen LogP) is 3.09. The van der Waals surface area contributed by atoms with Crippen molar-refractivity contribution in [2.24, 2.45) is 17.8 Å². The minimum atomic E-state index is 0.125. The van der Waals surface area contributed by atoms with Gasteiger partial charge in [0.1, 0.15) is 11.4 Å². The molecule has 4 bridgehead atoms. The summed E-state index contributed by atoms with van der Waals surface area (Å²) in [5.41, 5.74) is 1.53. The van der Waals surface area contributed by atoms with Crippen LogP contribution in [0, 0.1) is 17.8 Å². The first kappa shape index (κ1) is 11.2. The molecule has 4 heterocycles. The highest BCUT2D eigenvalue weighted by molar-refractivity contribution is 9.10. The van der Waals surface area contributed by atoms with Gasteiger partial charge in [-0.05, 0) is 30.9 Å². The SMILES string of the molecule is Brc1cccc2c1CC1(O2)C2CC3CC1CN(C3)C2. The van der Waals surface area contributed by atoms with Gasteiger partial charge in [0, 0.05) is 47.9 Å². The molecule has 1 aliphatic carbocycles. The fourth-order valence-corrected chi connectivity index (χ4v) is 5.72. The Bertz CT molecular complexity index is 528. The lowest BCUT2D eigenvalue weighted by Crippen LogP contribution is -2.68.